The summed E-state index contributed by atoms with van der Waals surface area (Å²) in [5.74, 6) is 0. The second kappa shape index (κ2) is 6.28. The molecule has 0 unspecified atom stereocenters. The van der Waals surface area contributed by atoms with E-state index in [1.54, 1.807) is 12.1 Å². The van der Waals surface area contributed by atoms with Crippen LogP contribution in [0.2, 0.25) is 0 Å². The molecule has 0 fully saturated rings. The second-order valence-corrected chi connectivity index (χ2v) is 6.49. The first kappa shape index (κ1) is 16.1. The zero-order chi connectivity index (χ0) is 19.1. The Labute approximate surface area is 159 Å². The van der Waals surface area contributed by atoms with Crippen LogP contribution in [0.3, 0.4) is 0 Å². The van der Waals surface area contributed by atoms with Gasteiger partial charge >= 0.3 is 0 Å². The molecule has 0 spiro atoms. The van der Waals surface area contributed by atoms with Crippen LogP contribution in [-0.2, 0) is 0 Å². The second-order valence-electron chi connectivity index (χ2n) is 6.49. The Morgan fingerprint density at radius 3 is 2.32 bits per heavy atom. The molecular formula is C22H14N4O2. The standard InChI is InChI=1S/C22H14N4O2/c27-26(28)16-9-5-14(6-10-16)19-11-7-15-8-12-21(25-22(15)24-19)18-13-23-20-4-2-1-3-17(18)20/h1-13,23H. The van der Waals surface area contributed by atoms with Crippen LogP contribution in [0.1, 0.15) is 0 Å². The summed E-state index contributed by atoms with van der Waals surface area (Å²) in [4.78, 5) is 23.1. The number of hydrogen-bond acceptors (Lipinski definition) is 4. The summed E-state index contributed by atoms with van der Waals surface area (Å²) in [6, 6.07) is 22.3. The lowest BCUT2D eigenvalue weighted by Gasteiger charge is -2.05. The van der Waals surface area contributed by atoms with E-state index in [0.717, 1.165) is 38.8 Å². The van der Waals surface area contributed by atoms with Gasteiger partial charge in [0, 0.05) is 45.7 Å². The molecule has 0 aliphatic heterocycles. The number of H-pyrrole nitrogens is 1. The molecule has 0 saturated carbocycles. The van der Waals surface area contributed by atoms with Crippen LogP contribution in [0.5, 0.6) is 0 Å². The highest BCUT2D eigenvalue weighted by Crippen LogP contribution is 2.29. The monoisotopic (exact) mass is 366 g/mol. The molecule has 0 aliphatic carbocycles. The van der Waals surface area contributed by atoms with Crippen LogP contribution in [0.25, 0.3) is 44.5 Å². The van der Waals surface area contributed by atoms with Crippen molar-refractivity contribution in [2.24, 2.45) is 0 Å². The molecule has 0 radical (unpaired) electrons. The van der Waals surface area contributed by atoms with Crippen LogP contribution >= 0.6 is 0 Å². The molecule has 3 aromatic heterocycles. The topological polar surface area (TPSA) is 84.7 Å². The summed E-state index contributed by atoms with van der Waals surface area (Å²) in [5.41, 5.74) is 5.17. The lowest BCUT2D eigenvalue weighted by molar-refractivity contribution is -0.384. The molecular weight excluding hydrogens is 352 g/mol. The lowest BCUT2D eigenvalue weighted by atomic mass is 10.1. The van der Waals surface area contributed by atoms with Crippen molar-refractivity contribution in [1.82, 2.24) is 15.0 Å². The highest BCUT2D eigenvalue weighted by Gasteiger charge is 2.10. The number of pyridine rings is 2. The van der Waals surface area contributed by atoms with E-state index in [1.165, 1.54) is 12.1 Å². The van der Waals surface area contributed by atoms with Gasteiger partial charge in [0.2, 0.25) is 0 Å². The number of benzene rings is 2. The Balaban J connectivity index is 1.60. The van der Waals surface area contributed by atoms with Gasteiger partial charge in [-0.25, -0.2) is 9.97 Å². The van der Waals surface area contributed by atoms with E-state index in [2.05, 4.69) is 16.0 Å². The number of aromatic nitrogens is 3. The lowest BCUT2D eigenvalue weighted by Crippen LogP contribution is -1.91. The molecule has 0 saturated heterocycles. The molecule has 2 aromatic carbocycles. The van der Waals surface area contributed by atoms with Crippen molar-refractivity contribution in [3.63, 3.8) is 0 Å². The molecule has 134 valence electrons. The number of rotatable bonds is 3. The van der Waals surface area contributed by atoms with Gasteiger partial charge in [-0.3, -0.25) is 10.1 Å². The number of nitro benzene ring substituents is 1. The first-order valence-corrected chi connectivity index (χ1v) is 8.78. The Hall–Kier alpha value is -4.06. The molecule has 6 nitrogen and oxygen atoms in total. The zero-order valence-electron chi connectivity index (χ0n) is 14.7. The van der Waals surface area contributed by atoms with E-state index in [-0.39, 0.29) is 5.69 Å². The minimum atomic E-state index is -0.410. The number of para-hydroxylation sites is 1. The molecule has 1 N–H and O–H groups in total. The molecule has 0 aliphatic rings. The first-order valence-electron chi connectivity index (χ1n) is 8.78. The number of nitrogens with zero attached hydrogens (tertiary/aromatic N) is 3. The van der Waals surface area contributed by atoms with Gasteiger partial charge in [0.15, 0.2) is 5.65 Å². The van der Waals surface area contributed by atoms with E-state index in [9.17, 15) is 10.1 Å². The maximum Gasteiger partial charge on any atom is 0.269 e. The first-order chi connectivity index (χ1) is 13.7. The number of fused-ring (bicyclic) bond motifs is 2. The fourth-order valence-corrected chi connectivity index (χ4v) is 3.35. The number of nitro groups is 1. The highest BCUT2D eigenvalue weighted by molar-refractivity contribution is 5.95. The Morgan fingerprint density at radius 2 is 1.54 bits per heavy atom. The van der Waals surface area contributed by atoms with Crippen LogP contribution in [0.4, 0.5) is 5.69 Å². The summed E-state index contributed by atoms with van der Waals surface area (Å²) in [7, 11) is 0. The molecule has 3 heterocycles. The van der Waals surface area contributed by atoms with Crippen molar-refractivity contribution in [2.45, 2.75) is 0 Å². The number of nitrogens with one attached hydrogen (secondary N) is 1. The maximum atomic E-state index is 10.8. The van der Waals surface area contributed by atoms with E-state index < -0.39 is 4.92 Å². The fourth-order valence-electron chi connectivity index (χ4n) is 3.35. The van der Waals surface area contributed by atoms with Gasteiger partial charge in [0.25, 0.3) is 5.69 Å². The average Bonchev–Trinajstić information content (AvgIpc) is 3.17. The third-order valence-corrected chi connectivity index (χ3v) is 4.79. The molecule has 5 rings (SSSR count). The average molecular weight is 366 g/mol. The van der Waals surface area contributed by atoms with Gasteiger partial charge in [-0.15, -0.1) is 0 Å². The van der Waals surface area contributed by atoms with E-state index in [0.29, 0.717) is 5.65 Å². The van der Waals surface area contributed by atoms with Crippen LogP contribution < -0.4 is 0 Å². The maximum absolute atomic E-state index is 10.8. The molecule has 0 bridgehead atoms. The third kappa shape index (κ3) is 2.68. The molecule has 5 aromatic rings. The number of hydrogen-bond donors (Lipinski definition) is 1. The predicted molar refractivity (Wildman–Crippen MR) is 109 cm³/mol. The summed E-state index contributed by atoms with van der Waals surface area (Å²) in [6.07, 6.45) is 1.96. The predicted octanol–water partition coefficient (Wildman–Crippen LogP) is 5.35. The van der Waals surface area contributed by atoms with Gasteiger partial charge in [-0.05, 0) is 42.5 Å². The number of non-ortho nitro benzene ring substituents is 1. The Bertz CT molecular complexity index is 1340. The smallest absolute Gasteiger partial charge is 0.269 e. The number of aromatic amines is 1. The van der Waals surface area contributed by atoms with Crippen LogP contribution in [0, 0.1) is 10.1 Å². The third-order valence-electron chi connectivity index (χ3n) is 4.79. The zero-order valence-corrected chi connectivity index (χ0v) is 14.7. The molecule has 0 amide bonds. The summed E-state index contributed by atoms with van der Waals surface area (Å²) in [6.45, 7) is 0. The molecule has 28 heavy (non-hydrogen) atoms. The largest absolute Gasteiger partial charge is 0.360 e. The van der Waals surface area contributed by atoms with Crippen molar-refractivity contribution in [1.29, 1.82) is 0 Å². The normalized spacial score (nSPS) is 11.1. The quantitative estimate of drug-likeness (QED) is 0.344. The minimum Gasteiger partial charge on any atom is -0.360 e. The van der Waals surface area contributed by atoms with E-state index in [4.69, 9.17) is 4.98 Å². The van der Waals surface area contributed by atoms with Gasteiger partial charge in [0.1, 0.15) is 0 Å². The van der Waals surface area contributed by atoms with Crippen molar-refractivity contribution in [3.8, 4) is 22.5 Å². The SMILES string of the molecule is O=[N+]([O-])c1ccc(-c2ccc3ccc(-c4c[nH]c5ccccc45)nc3n2)cc1. The van der Waals surface area contributed by atoms with Crippen LogP contribution in [-0.4, -0.2) is 19.9 Å². The highest BCUT2D eigenvalue weighted by atomic mass is 16.6. The van der Waals surface area contributed by atoms with Crippen LogP contribution in [0.15, 0.2) is 79.0 Å². The van der Waals surface area contributed by atoms with Crippen molar-refractivity contribution >= 4 is 27.6 Å². The molecule has 0 atom stereocenters. The van der Waals surface area contributed by atoms with Crippen molar-refractivity contribution in [2.75, 3.05) is 0 Å². The van der Waals surface area contributed by atoms with Gasteiger partial charge in [-0.2, -0.15) is 0 Å². The van der Waals surface area contributed by atoms with Gasteiger partial charge in [-0.1, -0.05) is 18.2 Å². The van der Waals surface area contributed by atoms with E-state index >= 15 is 0 Å². The summed E-state index contributed by atoms with van der Waals surface area (Å²) >= 11 is 0. The van der Waals surface area contributed by atoms with E-state index in [1.807, 2.05) is 48.7 Å². The Kier molecular flexibility index (Phi) is 3.62. The minimum absolute atomic E-state index is 0.0595. The van der Waals surface area contributed by atoms with Crippen molar-refractivity contribution in [3.05, 3.63) is 89.1 Å². The Morgan fingerprint density at radius 1 is 0.821 bits per heavy atom. The fraction of sp³-hybridized carbons (Fsp3) is 0. The molecule has 6 heteroatoms. The van der Waals surface area contributed by atoms with Crippen molar-refractivity contribution < 1.29 is 4.92 Å². The van der Waals surface area contributed by atoms with Gasteiger partial charge in [0.05, 0.1) is 16.3 Å². The summed E-state index contributed by atoms with van der Waals surface area (Å²) < 4.78 is 0. The summed E-state index contributed by atoms with van der Waals surface area (Å²) in [5, 5.41) is 12.9. The van der Waals surface area contributed by atoms with Gasteiger partial charge < -0.3 is 4.98 Å².